The number of aromatic nitrogens is 2. The number of sulfonamides is 1. The van der Waals surface area contributed by atoms with Crippen LogP contribution in [0.3, 0.4) is 0 Å². The average Bonchev–Trinajstić information content (AvgIpc) is 3.29. The first-order chi connectivity index (χ1) is 17.7. The van der Waals surface area contributed by atoms with Crippen molar-refractivity contribution in [2.45, 2.75) is 51.0 Å². The summed E-state index contributed by atoms with van der Waals surface area (Å²) in [5, 5.41) is 2.83. The van der Waals surface area contributed by atoms with Crippen LogP contribution >= 0.6 is 0 Å². The van der Waals surface area contributed by atoms with Crippen molar-refractivity contribution in [2.24, 2.45) is 0 Å². The van der Waals surface area contributed by atoms with Gasteiger partial charge < -0.3 is 19.4 Å². The lowest BCUT2D eigenvalue weighted by Gasteiger charge is -2.35. The molecule has 0 spiro atoms. The molecule has 9 nitrogen and oxygen atoms in total. The molecular weight excluding hydrogens is 492 g/mol. The van der Waals surface area contributed by atoms with Crippen LogP contribution in [0.5, 0.6) is 5.75 Å². The number of carbonyl (C=O) groups excluding carboxylic acids is 1. The first-order valence-electron chi connectivity index (χ1n) is 12.4. The summed E-state index contributed by atoms with van der Waals surface area (Å²) in [6, 6.07) is 10.6. The minimum atomic E-state index is -3.73. The number of hydrogen-bond acceptors (Lipinski definition) is 6. The van der Waals surface area contributed by atoms with E-state index in [2.05, 4.69) is 10.3 Å². The number of benzene rings is 2. The van der Waals surface area contributed by atoms with Crippen molar-refractivity contribution in [3.05, 3.63) is 65.7 Å². The molecule has 0 bridgehead atoms. The summed E-state index contributed by atoms with van der Waals surface area (Å²) in [6.07, 6.45) is 6.00. The Bertz CT molecular complexity index is 1330. The minimum Gasteiger partial charge on any atom is -0.497 e. The van der Waals surface area contributed by atoms with E-state index in [4.69, 9.17) is 9.47 Å². The second-order valence-corrected chi connectivity index (χ2v) is 11.1. The third kappa shape index (κ3) is 6.03. The maximum absolute atomic E-state index is 13.7. The molecule has 1 fully saturated rings. The van der Waals surface area contributed by atoms with Gasteiger partial charge in [0, 0.05) is 36.4 Å². The summed E-state index contributed by atoms with van der Waals surface area (Å²) in [5.74, 6) is 1.21. The highest BCUT2D eigenvalue weighted by atomic mass is 32.2. The molecule has 0 radical (unpaired) electrons. The number of aryl methyl sites for hydroxylation is 3. The van der Waals surface area contributed by atoms with Gasteiger partial charge in [-0.25, -0.2) is 13.4 Å². The molecule has 0 aliphatic carbocycles. The number of ether oxygens (including phenoxy) is 2. The predicted octanol–water partition coefficient (Wildman–Crippen LogP) is 4.00. The smallest absolute Gasteiger partial charge is 0.250 e. The Kier molecular flexibility index (Phi) is 8.31. The fraction of sp³-hybridized carbons (Fsp3) is 0.407. The normalized spacial score (nSPS) is 16.5. The number of rotatable bonds is 9. The monoisotopic (exact) mass is 526 g/mol. The molecular formula is C27H34N4O5S. The molecule has 1 amide bonds. The van der Waals surface area contributed by atoms with Gasteiger partial charge in [-0.3, -0.25) is 4.79 Å². The van der Waals surface area contributed by atoms with E-state index in [-0.39, 0.29) is 25.2 Å². The summed E-state index contributed by atoms with van der Waals surface area (Å²) in [7, 11) is -2.17. The first-order valence-corrected chi connectivity index (χ1v) is 13.8. The molecule has 10 heteroatoms. The van der Waals surface area contributed by atoms with E-state index in [1.54, 1.807) is 39.3 Å². The van der Waals surface area contributed by atoms with Gasteiger partial charge >= 0.3 is 0 Å². The van der Waals surface area contributed by atoms with Crippen LogP contribution in [0.2, 0.25) is 0 Å². The Hall–Kier alpha value is -3.21. The van der Waals surface area contributed by atoms with Crippen molar-refractivity contribution in [3.8, 4) is 11.4 Å². The van der Waals surface area contributed by atoms with E-state index >= 15 is 0 Å². The van der Waals surface area contributed by atoms with E-state index in [0.29, 0.717) is 40.4 Å². The zero-order valence-corrected chi connectivity index (χ0v) is 22.5. The van der Waals surface area contributed by atoms with Gasteiger partial charge in [0.25, 0.3) is 0 Å². The Balaban J connectivity index is 1.36. The van der Waals surface area contributed by atoms with Crippen LogP contribution in [0.15, 0.2) is 53.7 Å². The van der Waals surface area contributed by atoms with Gasteiger partial charge in [-0.15, -0.1) is 0 Å². The summed E-state index contributed by atoms with van der Waals surface area (Å²) >= 11 is 0. The van der Waals surface area contributed by atoms with Crippen molar-refractivity contribution < 1.29 is 22.7 Å². The topological polar surface area (TPSA) is 103 Å². The maximum Gasteiger partial charge on any atom is 0.250 e. The van der Waals surface area contributed by atoms with Gasteiger partial charge in [0.05, 0.1) is 18.6 Å². The molecule has 2 aromatic carbocycles. The van der Waals surface area contributed by atoms with Crippen LogP contribution < -0.4 is 10.1 Å². The van der Waals surface area contributed by atoms with Crippen LogP contribution in [0, 0.1) is 20.8 Å². The number of hydrogen-bond donors (Lipinski definition) is 1. The second-order valence-electron chi connectivity index (χ2n) is 9.31. The molecule has 1 saturated heterocycles. The summed E-state index contributed by atoms with van der Waals surface area (Å²) in [5.41, 5.74) is 2.90. The first kappa shape index (κ1) is 26.8. The van der Waals surface area contributed by atoms with Crippen LogP contribution in [-0.4, -0.2) is 61.1 Å². The van der Waals surface area contributed by atoms with Gasteiger partial charge in [0.15, 0.2) is 0 Å². The molecule has 0 saturated carbocycles. The van der Waals surface area contributed by atoms with Crippen molar-refractivity contribution in [1.82, 2.24) is 13.9 Å². The molecule has 2 heterocycles. The Labute approximate surface area is 218 Å². The van der Waals surface area contributed by atoms with Gasteiger partial charge in [0.2, 0.25) is 15.9 Å². The molecule has 1 aliphatic heterocycles. The lowest BCUT2D eigenvalue weighted by atomic mass is 10.1. The number of amides is 1. The number of anilines is 1. The largest absolute Gasteiger partial charge is 0.497 e. The fourth-order valence-corrected chi connectivity index (χ4v) is 6.94. The van der Waals surface area contributed by atoms with E-state index in [9.17, 15) is 13.2 Å². The summed E-state index contributed by atoms with van der Waals surface area (Å²) < 4.78 is 41.8. The standard InChI is InChI=1S/C27H34N4O5S/c1-19-15-25(35-4)16-20(2)27(19)37(33,34)31-13-6-5-7-24(31)17-36-18-26(32)29-22-8-10-23(11-9-22)30-14-12-28-21(30)3/h8-12,14-16,24H,5-7,13,17-18H2,1-4H3,(H,29,32). The van der Waals surface area contributed by atoms with Crippen molar-refractivity contribution in [2.75, 3.05) is 32.2 Å². The molecule has 1 atom stereocenters. The molecule has 1 N–H and O–H groups in total. The SMILES string of the molecule is COc1cc(C)c(S(=O)(=O)N2CCCCC2COCC(=O)Nc2ccc(-n3ccnc3C)cc2)c(C)c1. The van der Waals surface area contributed by atoms with E-state index < -0.39 is 10.0 Å². The van der Waals surface area contributed by atoms with Crippen LogP contribution in [-0.2, 0) is 19.6 Å². The number of carbonyl (C=O) groups is 1. The molecule has 1 aliphatic rings. The maximum atomic E-state index is 13.7. The van der Waals surface area contributed by atoms with Gasteiger partial charge in [-0.05, 0) is 81.1 Å². The van der Waals surface area contributed by atoms with Crippen molar-refractivity contribution in [3.63, 3.8) is 0 Å². The average molecular weight is 527 g/mol. The lowest BCUT2D eigenvalue weighted by Crippen LogP contribution is -2.46. The highest BCUT2D eigenvalue weighted by Crippen LogP contribution is 2.32. The Morgan fingerprint density at radius 3 is 2.43 bits per heavy atom. The third-order valence-corrected chi connectivity index (χ3v) is 8.87. The number of methoxy groups -OCH3 is 1. The van der Waals surface area contributed by atoms with Gasteiger partial charge in [0.1, 0.15) is 18.2 Å². The fourth-order valence-electron chi connectivity index (χ4n) is 4.85. The number of imidazole rings is 1. The molecule has 1 aromatic heterocycles. The molecule has 1 unspecified atom stereocenters. The highest BCUT2D eigenvalue weighted by molar-refractivity contribution is 7.89. The van der Waals surface area contributed by atoms with Gasteiger partial charge in [-0.2, -0.15) is 4.31 Å². The van der Waals surface area contributed by atoms with Gasteiger partial charge in [-0.1, -0.05) is 6.42 Å². The highest BCUT2D eigenvalue weighted by Gasteiger charge is 2.35. The molecule has 3 aromatic rings. The number of piperidine rings is 1. The number of nitrogens with one attached hydrogen (secondary N) is 1. The molecule has 198 valence electrons. The van der Waals surface area contributed by atoms with Crippen LogP contribution in [0.25, 0.3) is 5.69 Å². The Morgan fingerprint density at radius 2 is 1.81 bits per heavy atom. The van der Waals surface area contributed by atoms with Crippen LogP contribution in [0.1, 0.15) is 36.2 Å². The third-order valence-electron chi connectivity index (χ3n) is 6.61. The Morgan fingerprint density at radius 1 is 1.11 bits per heavy atom. The summed E-state index contributed by atoms with van der Waals surface area (Å²) in [4.78, 5) is 17.0. The van der Waals surface area contributed by atoms with E-state index in [0.717, 1.165) is 24.4 Å². The minimum absolute atomic E-state index is 0.153. The van der Waals surface area contributed by atoms with E-state index in [1.165, 1.54) is 4.31 Å². The number of nitrogens with zero attached hydrogens (tertiary/aromatic N) is 3. The molecule has 37 heavy (non-hydrogen) atoms. The second kappa shape index (κ2) is 11.5. The van der Waals surface area contributed by atoms with Crippen molar-refractivity contribution >= 4 is 21.6 Å². The zero-order valence-electron chi connectivity index (χ0n) is 21.7. The van der Waals surface area contributed by atoms with Crippen LogP contribution in [0.4, 0.5) is 5.69 Å². The van der Waals surface area contributed by atoms with Crippen molar-refractivity contribution in [1.29, 1.82) is 0 Å². The summed E-state index contributed by atoms with van der Waals surface area (Å²) in [6.45, 7) is 5.91. The lowest BCUT2D eigenvalue weighted by molar-refractivity contribution is -0.121. The quantitative estimate of drug-likeness (QED) is 0.452. The van der Waals surface area contributed by atoms with E-state index in [1.807, 2.05) is 42.0 Å². The molecule has 4 rings (SSSR count). The predicted molar refractivity (Wildman–Crippen MR) is 142 cm³/mol. The zero-order chi connectivity index (χ0) is 26.6.